The van der Waals surface area contributed by atoms with Gasteiger partial charge < -0.3 is 0 Å². The summed E-state index contributed by atoms with van der Waals surface area (Å²) in [6.07, 6.45) is 1.81. The quantitative estimate of drug-likeness (QED) is 0.183. The first kappa shape index (κ1) is 31.0. The number of aromatic nitrogens is 3. The van der Waals surface area contributed by atoms with Crippen LogP contribution in [0, 0.1) is 0 Å². The van der Waals surface area contributed by atoms with E-state index in [1.807, 2.05) is 54.2 Å². The number of nitrogens with zero attached hydrogens (tertiary/aromatic N) is 3. The van der Waals surface area contributed by atoms with Crippen molar-refractivity contribution in [1.82, 2.24) is 15.0 Å². The predicted molar refractivity (Wildman–Crippen MR) is 221 cm³/mol. The lowest BCUT2D eigenvalue weighted by atomic mass is 9.66. The number of fused-ring (bicyclic) bond motifs is 10. The van der Waals surface area contributed by atoms with E-state index in [-0.39, 0.29) is 0 Å². The maximum absolute atomic E-state index is 5.07. The Labute approximate surface area is 318 Å². The van der Waals surface area contributed by atoms with Crippen molar-refractivity contribution < 1.29 is 0 Å². The number of benzene rings is 7. The fourth-order valence-electron chi connectivity index (χ4n) is 8.61. The molecule has 7 aromatic carbocycles. The maximum atomic E-state index is 5.07. The molecule has 0 fully saturated rings. The molecular weight excluding hydrogens is 675 g/mol. The first-order chi connectivity index (χ1) is 26.8. The molecule has 0 N–H and O–H groups in total. The third kappa shape index (κ3) is 4.67. The van der Waals surface area contributed by atoms with Crippen molar-refractivity contribution in [3.63, 3.8) is 0 Å². The molecule has 1 unspecified atom stereocenters. The van der Waals surface area contributed by atoms with Crippen LogP contribution in [0.15, 0.2) is 198 Å². The molecule has 0 amide bonds. The van der Waals surface area contributed by atoms with Crippen molar-refractivity contribution in [2.45, 2.75) is 15.2 Å². The highest BCUT2D eigenvalue weighted by Gasteiger charge is 2.50. The molecule has 2 aliphatic rings. The summed E-state index contributed by atoms with van der Waals surface area (Å²) in [5.74, 6) is 0.681. The van der Waals surface area contributed by atoms with Gasteiger partial charge in [0.25, 0.3) is 0 Å². The maximum Gasteiger partial charge on any atom is 0.160 e. The molecule has 2 aromatic heterocycles. The highest BCUT2D eigenvalue weighted by Crippen LogP contribution is 2.63. The minimum absolute atomic E-state index is 0.445. The Balaban J connectivity index is 1.08. The van der Waals surface area contributed by atoms with Gasteiger partial charge in [-0.2, -0.15) is 0 Å². The fourth-order valence-corrected chi connectivity index (χ4v) is 9.94. The van der Waals surface area contributed by atoms with Crippen LogP contribution in [-0.2, 0) is 5.41 Å². The number of hydrogen-bond donors (Lipinski definition) is 0. The summed E-state index contributed by atoms with van der Waals surface area (Å²) in [7, 11) is 0. The normalized spacial score (nSPS) is 15.0. The third-order valence-electron chi connectivity index (χ3n) is 11.0. The molecule has 0 saturated heterocycles. The van der Waals surface area contributed by atoms with Gasteiger partial charge >= 0.3 is 0 Å². The molecule has 252 valence electrons. The topological polar surface area (TPSA) is 38.7 Å². The highest BCUT2D eigenvalue weighted by molar-refractivity contribution is 7.99. The first-order valence-electron chi connectivity index (χ1n) is 18.3. The zero-order valence-corrected chi connectivity index (χ0v) is 30.0. The second-order valence-electron chi connectivity index (χ2n) is 13.9. The van der Waals surface area contributed by atoms with Crippen molar-refractivity contribution >= 4 is 22.5 Å². The van der Waals surface area contributed by atoms with Crippen LogP contribution in [0.3, 0.4) is 0 Å². The Morgan fingerprint density at radius 3 is 1.89 bits per heavy atom. The van der Waals surface area contributed by atoms with E-state index >= 15 is 0 Å². The van der Waals surface area contributed by atoms with E-state index in [4.69, 9.17) is 9.97 Å². The van der Waals surface area contributed by atoms with E-state index in [0.29, 0.717) is 5.82 Å². The van der Waals surface area contributed by atoms with Crippen LogP contribution in [0.1, 0.15) is 22.3 Å². The van der Waals surface area contributed by atoms with Gasteiger partial charge in [-0.05, 0) is 91.7 Å². The summed E-state index contributed by atoms with van der Waals surface area (Å²) in [6.45, 7) is 0. The lowest BCUT2D eigenvalue weighted by Gasteiger charge is -2.40. The molecule has 0 radical (unpaired) electrons. The number of pyridine rings is 1. The molecule has 1 aliphatic carbocycles. The van der Waals surface area contributed by atoms with Gasteiger partial charge in [0.05, 0.1) is 22.5 Å². The Morgan fingerprint density at radius 2 is 1.06 bits per heavy atom. The van der Waals surface area contributed by atoms with Gasteiger partial charge in [-0.3, -0.25) is 4.98 Å². The molecule has 1 aliphatic heterocycles. The largest absolute Gasteiger partial charge is 0.255 e. The summed E-state index contributed by atoms with van der Waals surface area (Å²) in [5.41, 5.74) is 14.4. The van der Waals surface area contributed by atoms with Crippen molar-refractivity contribution in [2.24, 2.45) is 0 Å². The lowest BCUT2D eigenvalue weighted by Crippen LogP contribution is -2.32. The molecule has 4 heteroatoms. The van der Waals surface area contributed by atoms with E-state index in [0.717, 1.165) is 28.2 Å². The van der Waals surface area contributed by atoms with E-state index < -0.39 is 5.41 Å². The minimum atomic E-state index is -0.445. The van der Waals surface area contributed by atoms with Crippen LogP contribution in [0.5, 0.6) is 0 Å². The molecule has 3 heterocycles. The molecule has 11 rings (SSSR count). The summed E-state index contributed by atoms with van der Waals surface area (Å²) >= 11 is 1.89. The molecule has 0 saturated carbocycles. The highest BCUT2D eigenvalue weighted by atomic mass is 32.2. The average Bonchev–Trinajstić information content (AvgIpc) is 3.52. The van der Waals surface area contributed by atoms with Crippen molar-refractivity contribution in [2.75, 3.05) is 0 Å². The van der Waals surface area contributed by atoms with Gasteiger partial charge in [0.15, 0.2) is 5.82 Å². The predicted octanol–water partition coefficient (Wildman–Crippen LogP) is 12.5. The molecule has 1 spiro atoms. The van der Waals surface area contributed by atoms with Gasteiger partial charge in [0.2, 0.25) is 0 Å². The van der Waals surface area contributed by atoms with Crippen LogP contribution >= 0.6 is 11.8 Å². The lowest BCUT2D eigenvalue weighted by molar-refractivity contribution is 0.724. The van der Waals surface area contributed by atoms with E-state index in [1.165, 1.54) is 65.1 Å². The van der Waals surface area contributed by atoms with Crippen molar-refractivity contribution in [3.8, 4) is 56.3 Å². The van der Waals surface area contributed by atoms with Gasteiger partial charge in [0.1, 0.15) is 0 Å². The van der Waals surface area contributed by atoms with Gasteiger partial charge in [-0.1, -0.05) is 157 Å². The second kappa shape index (κ2) is 12.2. The van der Waals surface area contributed by atoms with Gasteiger partial charge in [-0.15, -0.1) is 0 Å². The fraction of sp³-hybridized carbons (Fsp3) is 0.0200. The summed E-state index contributed by atoms with van der Waals surface area (Å²) in [6, 6.07) is 65.5. The smallest absolute Gasteiger partial charge is 0.160 e. The summed E-state index contributed by atoms with van der Waals surface area (Å²) in [4.78, 5) is 17.2. The molecule has 3 nitrogen and oxygen atoms in total. The van der Waals surface area contributed by atoms with Crippen LogP contribution in [0.2, 0.25) is 0 Å². The zero-order chi connectivity index (χ0) is 35.6. The monoisotopic (exact) mass is 705 g/mol. The van der Waals surface area contributed by atoms with Gasteiger partial charge in [0, 0.05) is 27.1 Å². The zero-order valence-electron chi connectivity index (χ0n) is 29.1. The molecule has 0 bridgehead atoms. The van der Waals surface area contributed by atoms with Crippen LogP contribution < -0.4 is 0 Å². The Bertz CT molecular complexity index is 2850. The van der Waals surface area contributed by atoms with Crippen LogP contribution in [-0.4, -0.2) is 15.0 Å². The first-order valence-corrected chi connectivity index (χ1v) is 19.1. The average molecular weight is 706 g/mol. The van der Waals surface area contributed by atoms with Crippen LogP contribution in [0.4, 0.5) is 0 Å². The Morgan fingerprint density at radius 1 is 0.389 bits per heavy atom. The SMILES string of the molecule is c1ccc(-c2nc(-c3ccc(-c4cccc5c4Sc4ccccc4C54c5ccccc5-c5cc6ccccc6cc54)cc3)cc(-c3ccccn3)n2)cc1. The minimum Gasteiger partial charge on any atom is -0.255 e. The van der Waals surface area contributed by atoms with Crippen molar-refractivity contribution in [3.05, 3.63) is 210 Å². The Hall–Kier alpha value is -6.62. The van der Waals surface area contributed by atoms with E-state index in [1.54, 1.807) is 6.20 Å². The Kier molecular flexibility index (Phi) is 7.01. The molecule has 9 aromatic rings. The van der Waals surface area contributed by atoms with E-state index in [9.17, 15) is 0 Å². The van der Waals surface area contributed by atoms with Crippen LogP contribution in [0.25, 0.3) is 67.1 Å². The number of rotatable bonds is 4. The van der Waals surface area contributed by atoms with E-state index in [2.05, 4.69) is 145 Å². The summed E-state index contributed by atoms with van der Waals surface area (Å²) in [5, 5.41) is 2.53. The third-order valence-corrected chi connectivity index (χ3v) is 12.2. The van der Waals surface area contributed by atoms with Crippen molar-refractivity contribution in [1.29, 1.82) is 0 Å². The summed E-state index contributed by atoms with van der Waals surface area (Å²) < 4.78 is 0. The molecule has 1 atom stereocenters. The second-order valence-corrected chi connectivity index (χ2v) is 15.0. The molecular formula is C50H31N3S. The molecule has 54 heavy (non-hydrogen) atoms. The number of hydrogen-bond acceptors (Lipinski definition) is 4. The van der Waals surface area contributed by atoms with Gasteiger partial charge in [-0.25, -0.2) is 9.97 Å². The standard InChI is InChI=1S/C50H31N3S/c1-2-13-34(14-3-1)49-52-45(31-46(53-49)44-22-10-11-28-51-44)33-26-24-32(25-27-33)37-18-12-21-42-48(37)54-47-23-9-8-20-41(47)50(42)40-19-7-6-17-38(40)39-29-35-15-4-5-16-36(35)30-43(39)50/h1-31H.